The Morgan fingerprint density at radius 1 is 1.50 bits per heavy atom. The van der Waals surface area contributed by atoms with Crippen molar-refractivity contribution in [3.8, 4) is 0 Å². The molecule has 0 saturated carbocycles. The summed E-state index contributed by atoms with van der Waals surface area (Å²) in [6.07, 6.45) is 0. The van der Waals surface area contributed by atoms with E-state index in [0.717, 1.165) is 11.3 Å². The molecule has 0 rings (SSSR count). The maximum atomic E-state index is 8.66. The molecule has 0 aromatic heterocycles. The zero-order valence-corrected chi connectivity index (χ0v) is 6.77. The molecule has 1 N–H and O–H groups in total. The van der Waals surface area contributed by atoms with Gasteiger partial charge in [0.2, 0.25) is 0 Å². The van der Waals surface area contributed by atoms with Crippen molar-refractivity contribution in [3.63, 3.8) is 0 Å². The van der Waals surface area contributed by atoms with E-state index in [4.69, 9.17) is 9.84 Å². The number of methoxy groups -OCH3 is 1. The Labute approximate surface area is 61.8 Å². The van der Waals surface area contributed by atoms with Crippen LogP contribution in [0, 0.1) is 0 Å². The molecular weight excluding hydrogens is 128 g/mol. The molecule has 0 aromatic rings. The normalized spacial score (nSPS) is 12.4. The first-order valence-corrected chi connectivity index (χ1v) is 3.14. The minimum absolute atomic E-state index is 0.00741. The molecule has 0 fully saturated rings. The standard InChI is InChI=1S/C8H14O2/c1-6(5-9)7(2)8(3)10-4/h9H,1,5H2,2-4H3. The monoisotopic (exact) mass is 142 g/mol. The fraction of sp³-hybridized carbons (Fsp3) is 0.500. The van der Waals surface area contributed by atoms with Gasteiger partial charge >= 0.3 is 0 Å². The predicted octanol–water partition coefficient (Wildman–Crippen LogP) is 1.48. The third kappa shape index (κ3) is 2.23. The number of aliphatic hydroxyl groups excluding tert-OH is 1. The van der Waals surface area contributed by atoms with Crippen LogP contribution in [0.5, 0.6) is 0 Å². The zero-order chi connectivity index (χ0) is 8.15. The van der Waals surface area contributed by atoms with Crippen LogP contribution < -0.4 is 0 Å². The summed E-state index contributed by atoms with van der Waals surface area (Å²) in [6, 6.07) is 0. The first-order valence-electron chi connectivity index (χ1n) is 3.14. The van der Waals surface area contributed by atoms with Gasteiger partial charge in [0.05, 0.1) is 19.5 Å². The van der Waals surface area contributed by atoms with Crippen LogP contribution in [0.3, 0.4) is 0 Å². The van der Waals surface area contributed by atoms with Crippen molar-refractivity contribution in [3.05, 3.63) is 23.5 Å². The van der Waals surface area contributed by atoms with Gasteiger partial charge in [0.15, 0.2) is 0 Å². The maximum Gasteiger partial charge on any atom is 0.0956 e. The fourth-order valence-electron chi connectivity index (χ4n) is 0.521. The second kappa shape index (κ2) is 4.12. The van der Waals surface area contributed by atoms with Crippen LogP contribution in [0.4, 0.5) is 0 Å². The Balaban J connectivity index is 4.30. The molecule has 58 valence electrons. The highest BCUT2D eigenvalue weighted by Gasteiger charge is 1.98. The second-order valence-corrected chi connectivity index (χ2v) is 2.15. The van der Waals surface area contributed by atoms with Gasteiger partial charge in [-0.15, -0.1) is 0 Å². The molecule has 0 amide bonds. The highest BCUT2D eigenvalue weighted by molar-refractivity contribution is 5.28. The lowest BCUT2D eigenvalue weighted by Crippen LogP contribution is -1.94. The Morgan fingerprint density at radius 2 is 2.00 bits per heavy atom. The van der Waals surface area contributed by atoms with Crippen LogP contribution in [0.25, 0.3) is 0 Å². The van der Waals surface area contributed by atoms with E-state index in [9.17, 15) is 0 Å². The highest BCUT2D eigenvalue weighted by Crippen LogP contribution is 2.11. The van der Waals surface area contributed by atoms with Crippen molar-refractivity contribution >= 4 is 0 Å². The number of ether oxygens (including phenoxy) is 1. The number of hydrogen-bond donors (Lipinski definition) is 1. The lowest BCUT2D eigenvalue weighted by molar-refractivity contribution is 0.286. The van der Waals surface area contributed by atoms with Gasteiger partial charge in [-0.1, -0.05) is 6.58 Å². The van der Waals surface area contributed by atoms with E-state index in [-0.39, 0.29) is 6.61 Å². The van der Waals surface area contributed by atoms with Crippen LogP contribution in [0.15, 0.2) is 23.5 Å². The van der Waals surface area contributed by atoms with E-state index >= 15 is 0 Å². The Kier molecular flexibility index (Phi) is 3.81. The van der Waals surface area contributed by atoms with Crippen LogP contribution in [0.1, 0.15) is 13.8 Å². The summed E-state index contributed by atoms with van der Waals surface area (Å²) in [5.41, 5.74) is 1.63. The van der Waals surface area contributed by atoms with Crippen molar-refractivity contribution in [2.75, 3.05) is 13.7 Å². The number of aliphatic hydroxyl groups is 1. The molecule has 0 radical (unpaired) electrons. The molecule has 0 bridgehead atoms. The summed E-state index contributed by atoms with van der Waals surface area (Å²) >= 11 is 0. The average Bonchev–Trinajstić information content (AvgIpc) is 2.00. The predicted molar refractivity (Wildman–Crippen MR) is 41.6 cm³/mol. The minimum atomic E-state index is -0.00741. The molecular formula is C8H14O2. The molecule has 10 heavy (non-hydrogen) atoms. The third-order valence-corrected chi connectivity index (χ3v) is 1.56. The summed E-state index contributed by atoms with van der Waals surface area (Å²) in [4.78, 5) is 0. The van der Waals surface area contributed by atoms with Gasteiger partial charge < -0.3 is 9.84 Å². The summed E-state index contributed by atoms with van der Waals surface area (Å²) in [7, 11) is 1.60. The smallest absolute Gasteiger partial charge is 0.0956 e. The first kappa shape index (κ1) is 9.24. The molecule has 0 aliphatic heterocycles. The lowest BCUT2D eigenvalue weighted by atomic mass is 10.1. The fourth-order valence-corrected chi connectivity index (χ4v) is 0.521. The summed E-state index contributed by atoms with van der Waals surface area (Å²) in [5.74, 6) is 0.805. The van der Waals surface area contributed by atoms with Crippen LogP contribution in [0.2, 0.25) is 0 Å². The summed E-state index contributed by atoms with van der Waals surface area (Å²) in [5, 5.41) is 8.66. The van der Waals surface area contributed by atoms with Gasteiger partial charge in [-0.3, -0.25) is 0 Å². The van der Waals surface area contributed by atoms with E-state index in [2.05, 4.69) is 6.58 Å². The molecule has 0 atom stereocenters. The largest absolute Gasteiger partial charge is 0.501 e. The van der Waals surface area contributed by atoms with Gasteiger partial charge in [-0.25, -0.2) is 0 Å². The zero-order valence-electron chi connectivity index (χ0n) is 6.77. The SMILES string of the molecule is C=C(CO)C(C)=C(C)OC. The lowest BCUT2D eigenvalue weighted by Gasteiger charge is -2.06. The average molecular weight is 142 g/mol. The summed E-state index contributed by atoms with van der Waals surface area (Å²) < 4.78 is 4.94. The highest BCUT2D eigenvalue weighted by atomic mass is 16.5. The van der Waals surface area contributed by atoms with E-state index in [1.807, 2.05) is 13.8 Å². The molecule has 2 nitrogen and oxygen atoms in total. The van der Waals surface area contributed by atoms with Crippen LogP contribution in [-0.2, 0) is 4.74 Å². The van der Waals surface area contributed by atoms with Crippen molar-refractivity contribution < 1.29 is 9.84 Å². The molecule has 0 saturated heterocycles. The third-order valence-electron chi connectivity index (χ3n) is 1.56. The number of rotatable bonds is 3. The molecule has 0 aliphatic carbocycles. The number of allylic oxidation sites excluding steroid dienone is 1. The van der Waals surface area contributed by atoms with Crippen molar-refractivity contribution in [1.82, 2.24) is 0 Å². The van der Waals surface area contributed by atoms with Gasteiger partial charge in [-0.05, 0) is 25.0 Å². The number of hydrogen-bond acceptors (Lipinski definition) is 2. The Hall–Kier alpha value is -0.760. The molecule has 0 spiro atoms. The minimum Gasteiger partial charge on any atom is -0.501 e. The first-order chi connectivity index (χ1) is 4.63. The quantitative estimate of drug-likeness (QED) is 0.477. The van der Waals surface area contributed by atoms with Gasteiger partial charge in [0.25, 0.3) is 0 Å². The Morgan fingerprint density at radius 3 is 2.30 bits per heavy atom. The second-order valence-electron chi connectivity index (χ2n) is 2.15. The van der Waals surface area contributed by atoms with E-state index in [0.29, 0.717) is 5.57 Å². The van der Waals surface area contributed by atoms with E-state index < -0.39 is 0 Å². The molecule has 0 heterocycles. The Bertz CT molecular complexity index is 157. The summed E-state index contributed by atoms with van der Waals surface area (Å²) in [6.45, 7) is 7.36. The van der Waals surface area contributed by atoms with E-state index in [1.54, 1.807) is 7.11 Å². The van der Waals surface area contributed by atoms with Gasteiger partial charge in [0.1, 0.15) is 0 Å². The topological polar surface area (TPSA) is 29.5 Å². The van der Waals surface area contributed by atoms with Crippen molar-refractivity contribution in [2.45, 2.75) is 13.8 Å². The molecule has 0 aliphatic rings. The van der Waals surface area contributed by atoms with E-state index in [1.165, 1.54) is 0 Å². The van der Waals surface area contributed by atoms with Crippen LogP contribution >= 0.6 is 0 Å². The van der Waals surface area contributed by atoms with Crippen molar-refractivity contribution in [2.24, 2.45) is 0 Å². The van der Waals surface area contributed by atoms with Crippen LogP contribution in [-0.4, -0.2) is 18.8 Å². The molecule has 0 unspecified atom stereocenters. The van der Waals surface area contributed by atoms with Gasteiger partial charge in [0, 0.05) is 0 Å². The van der Waals surface area contributed by atoms with Gasteiger partial charge in [-0.2, -0.15) is 0 Å². The van der Waals surface area contributed by atoms with Crippen molar-refractivity contribution in [1.29, 1.82) is 0 Å². The molecule has 0 aromatic carbocycles. The molecule has 2 heteroatoms. The maximum absolute atomic E-state index is 8.66.